The van der Waals surface area contributed by atoms with Crippen LogP contribution in [0.3, 0.4) is 0 Å². The number of carbonyl (C=O) groups excluding carboxylic acids is 1. The van der Waals surface area contributed by atoms with Crippen molar-refractivity contribution >= 4 is 63.8 Å². The van der Waals surface area contributed by atoms with Crippen LogP contribution < -0.4 is 5.73 Å². The van der Waals surface area contributed by atoms with Crippen LogP contribution in [0.2, 0.25) is 0 Å². The van der Waals surface area contributed by atoms with Gasteiger partial charge in [0, 0.05) is 44.0 Å². The van der Waals surface area contributed by atoms with Crippen molar-refractivity contribution in [1.29, 1.82) is 0 Å². The van der Waals surface area contributed by atoms with Gasteiger partial charge in [-0.3, -0.25) is 9.35 Å². The van der Waals surface area contributed by atoms with Crippen LogP contribution in [0.5, 0.6) is 0 Å². The van der Waals surface area contributed by atoms with Crippen molar-refractivity contribution in [2.45, 2.75) is 203 Å². The molecule has 4 aliphatic rings. The third-order valence-corrected chi connectivity index (χ3v) is 7.88. The summed E-state index contributed by atoms with van der Waals surface area (Å²) in [6.45, 7) is 61.0. The molecule has 0 aromatic rings. The maximum atomic E-state index is 9.19. The zero-order chi connectivity index (χ0) is 67.5. The first-order chi connectivity index (χ1) is 37.2. The average molecular weight is 1220 g/mol. The van der Waals surface area contributed by atoms with Crippen molar-refractivity contribution in [3.8, 4) is 0 Å². The lowest BCUT2D eigenvalue weighted by Gasteiger charge is -2.39. The molecule has 3 heterocycles. The Balaban J connectivity index is -0.0000000434. The number of nitrogens with zero attached hydrogens (tertiary/aromatic N) is 2. The second-order valence-corrected chi connectivity index (χ2v) is 19.4. The molecule has 1 atom stereocenters. The molecule has 4 fully saturated rings. The summed E-state index contributed by atoms with van der Waals surface area (Å²) in [7, 11) is 1.81. The predicted molar refractivity (Wildman–Crippen MR) is 369 cm³/mol. The molecule has 80 heavy (non-hydrogen) atoms. The van der Waals surface area contributed by atoms with Crippen molar-refractivity contribution < 1.29 is 47.0 Å². The van der Waals surface area contributed by atoms with Gasteiger partial charge in [0.05, 0.1) is 50.6 Å². The SMILES string of the molecule is C/C=C/C.C/C=C/CC.C/C=C/CCC.C=C(C)C.C=C(C)Cl.C=CC.C=CC.CC(=O)O.CC1CC1.CC1CO1.CC=C(C)C.CCC1(C)COC1.CCC1(CC)COC1.CN.CN=C=O.CN=C=S.CO.CS.CS(=O)(=O)O. The normalized spacial score (nSPS) is 13.1. The van der Waals surface area contributed by atoms with Crippen LogP contribution >= 0.6 is 36.4 Å². The predicted octanol–water partition coefficient (Wildman–Crippen LogP) is 18.7. The molecule has 0 amide bonds. The standard InChI is InChI=1S/C7H14O.C6H12O.C6H12.2C5H10.3C4H8.C3H5Cl.C3H6O.2C3H6.C2H3NO.C2H3NS.C2H4O2.CH5N.CH4O3S.CH4O.CH4S/c1-3-7(4-2)5-8-6-7;1-3-6(2)4-7-5-6;1-3-5-6-4-2;1-4-5(2)3;1-3-5-4-2;1-4-2-3-4;1-4(2)3;1-3-4-2;1-3(2)4;1-3-2-4-3;2*1-3-2;2*1-3-2-4;1-2(3)4;1-2;1-5(2,3)4;2*1-2/h3-6H2,1-2H3;3-5H2,1-2H3;3,5H,4,6H2,1-2H3;4H,1-3H3;3,5H,4H2,1-2H3;4H,2-3H2,1H3;1H2,2-3H3;3-4H,1-2H3;1H2,2H3;3H,2H2,1H3;2*3H,1H2,2H3;2*1H3;1H3,(H,3,4);2H2,1H3;1H3,(H,2,3,4);2*2H,1H3/b;;5-3+;;5-3+;;;4-3+;;;;;;;;;;;. The lowest BCUT2D eigenvalue weighted by atomic mass is 9.81. The number of hydrogen-bond acceptors (Lipinski definition) is 13. The molecule has 1 aliphatic carbocycles. The van der Waals surface area contributed by atoms with Crippen LogP contribution in [0.1, 0.15) is 197 Å². The van der Waals surface area contributed by atoms with E-state index in [1.165, 1.54) is 76.3 Å². The van der Waals surface area contributed by atoms with Gasteiger partial charge in [-0.2, -0.15) is 21.0 Å². The molecule has 484 valence electrons. The number of carboxylic acid groups (broad SMARTS) is 1. The molecular formula is C63H132ClN3O10S3. The van der Waals surface area contributed by atoms with E-state index < -0.39 is 16.1 Å². The van der Waals surface area contributed by atoms with Gasteiger partial charge >= 0.3 is 0 Å². The number of aliphatic carboxylic acids is 1. The zero-order valence-electron chi connectivity index (χ0n) is 56.7. The van der Waals surface area contributed by atoms with Crippen molar-refractivity contribution in [3.05, 3.63) is 97.2 Å². The quantitative estimate of drug-likeness (QED) is 0.0320. The van der Waals surface area contributed by atoms with Crippen molar-refractivity contribution in [2.24, 2.45) is 32.5 Å². The number of isocyanates is 1. The molecule has 0 aromatic heterocycles. The van der Waals surface area contributed by atoms with E-state index in [2.05, 4.69) is 179 Å². The summed E-state index contributed by atoms with van der Waals surface area (Å²) in [6.07, 6.45) is 32.8. The van der Waals surface area contributed by atoms with Crippen molar-refractivity contribution in [3.63, 3.8) is 0 Å². The minimum Gasteiger partial charge on any atom is -0.481 e. The minimum absolute atomic E-state index is 0.542. The van der Waals surface area contributed by atoms with Crippen LogP contribution in [-0.4, -0.2) is 120 Å². The minimum atomic E-state index is -3.67. The molecule has 0 spiro atoms. The molecule has 1 unspecified atom stereocenters. The number of thiol groups is 1. The van der Waals surface area contributed by atoms with Crippen LogP contribution in [0, 0.1) is 16.7 Å². The molecule has 5 N–H and O–H groups in total. The maximum absolute atomic E-state index is 9.19. The molecule has 13 nitrogen and oxygen atoms in total. The third-order valence-electron chi connectivity index (χ3n) is 7.69. The Morgan fingerprint density at radius 1 is 0.775 bits per heavy atom. The number of carbonyl (C=O) groups is 1. The van der Waals surface area contributed by atoms with E-state index in [1.54, 1.807) is 32.4 Å². The molecule has 17 heteroatoms. The fraction of sp³-hybridized carbons (Fsp3) is 0.698. The first kappa shape index (κ1) is 116. The molecule has 3 aliphatic heterocycles. The number of aliphatic imine (C=N–C) groups is 2. The first-order valence-electron chi connectivity index (χ1n) is 27.0. The molecule has 0 aromatic carbocycles. The first-order valence-corrected chi connectivity index (χ1v) is 30.5. The van der Waals surface area contributed by atoms with Crippen LogP contribution in [0.25, 0.3) is 0 Å². The van der Waals surface area contributed by atoms with E-state index >= 15 is 0 Å². The van der Waals surface area contributed by atoms with Gasteiger partial charge in [0.25, 0.3) is 16.1 Å². The molecule has 3 saturated heterocycles. The highest BCUT2D eigenvalue weighted by Crippen LogP contribution is 2.34. The van der Waals surface area contributed by atoms with E-state index in [4.69, 9.17) is 50.2 Å². The smallest absolute Gasteiger partial charge is 0.300 e. The van der Waals surface area contributed by atoms with E-state index in [0.29, 0.717) is 28.2 Å². The summed E-state index contributed by atoms with van der Waals surface area (Å²) in [5, 5.41) is 17.2. The Hall–Kier alpha value is -3.08. The second kappa shape index (κ2) is 111. The largest absolute Gasteiger partial charge is 0.481 e. The second-order valence-electron chi connectivity index (χ2n) is 17.1. The lowest BCUT2D eigenvalue weighted by Crippen LogP contribution is -2.41. The Morgan fingerprint density at radius 2 is 1.01 bits per heavy atom. The summed E-state index contributed by atoms with van der Waals surface area (Å²) in [5.74, 6) is 0.250. The Morgan fingerprint density at radius 3 is 1.02 bits per heavy atom. The number of rotatable bonds is 6. The van der Waals surface area contributed by atoms with E-state index in [0.717, 1.165) is 59.4 Å². The van der Waals surface area contributed by atoms with Crippen LogP contribution in [-0.2, 0) is 33.9 Å². The summed E-state index contributed by atoms with van der Waals surface area (Å²) in [5.41, 5.74) is 8.17. The molecule has 4 rings (SSSR count). The molecular weight excluding hydrogens is 1090 g/mol. The van der Waals surface area contributed by atoms with Crippen LogP contribution in [0.4, 0.5) is 0 Å². The van der Waals surface area contributed by atoms with Gasteiger partial charge in [-0.25, -0.2) is 14.8 Å². The topological polar surface area (TPSA) is 211 Å². The summed E-state index contributed by atoms with van der Waals surface area (Å²) in [4.78, 5) is 24.1. The summed E-state index contributed by atoms with van der Waals surface area (Å²) < 4.78 is 40.7. The number of ether oxygens (including phenoxy) is 3. The Bertz CT molecular complexity index is 1400. The van der Waals surface area contributed by atoms with E-state index in [1.807, 2.05) is 67.5 Å². The molecule has 0 bridgehead atoms. The molecule has 0 radical (unpaired) electrons. The number of halogens is 1. The number of aliphatic hydroxyl groups is 1. The highest BCUT2D eigenvalue weighted by molar-refractivity contribution is 7.85. The Labute approximate surface area is 514 Å². The number of carboxylic acids is 1. The number of isothiocyanates is 1. The third kappa shape index (κ3) is 285. The van der Waals surface area contributed by atoms with Crippen molar-refractivity contribution in [2.75, 3.05) is 73.8 Å². The number of aliphatic hydroxyl groups excluding tert-OH is 1. The van der Waals surface area contributed by atoms with Crippen LogP contribution in [0.15, 0.2) is 107 Å². The van der Waals surface area contributed by atoms with E-state index in [-0.39, 0.29) is 0 Å². The van der Waals surface area contributed by atoms with Gasteiger partial charge in [0.2, 0.25) is 6.08 Å². The zero-order valence-corrected chi connectivity index (χ0v) is 60.0. The van der Waals surface area contributed by atoms with Gasteiger partial charge < -0.3 is 30.2 Å². The number of thiocarbonyl (C=S) groups is 1. The number of unbranched alkanes of at least 4 members (excludes halogenated alkanes) is 1. The highest BCUT2D eigenvalue weighted by Gasteiger charge is 2.34. The van der Waals surface area contributed by atoms with Crippen molar-refractivity contribution in [1.82, 2.24) is 0 Å². The van der Waals surface area contributed by atoms with Gasteiger partial charge in [-0.05, 0) is 154 Å². The number of nitrogens with two attached hydrogens (primary N) is 1. The van der Waals surface area contributed by atoms with Gasteiger partial charge in [-0.1, -0.05) is 152 Å². The van der Waals surface area contributed by atoms with Gasteiger partial charge in [0.15, 0.2) is 0 Å². The fourth-order valence-electron chi connectivity index (χ4n) is 2.54. The van der Waals surface area contributed by atoms with E-state index in [9.17, 15) is 8.42 Å². The summed E-state index contributed by atoms with van der Waals surface area (Å²) >= 11 is 12.7. The maximum Gasteiger partial charge on any atom is 0.300 e. The number of hydrogen-bond donors (Lipinski definition) is 5. The lowest BCUT2D eigenvalue weighted by molar-refractivity contribution is -0.134. The average Bonchev–Trinajstić information content (AvgIpc) is 4.35. The summed E-state index contributed by atoms with van der Waals surface area (Å²) in [6, 6.07) is 0. The Kier molecular flexibility index (Phi) is 161. The molecule has 1 saturated carbocycles. The number of epoxide rings is 1. The number of allylic oxidation sites excluding steroid dienone is 12. The van der Waals surface area contributed by atoms with Gasteiger partial charge in [0.1, 0.15) is 0 Å². The monoisotopic (exact) mass is 1220 g/mol. The fourth-order valence-corrected chi connectivity index (χ4v) is 2.54. The van der Waals surface area contributed by atoms with Gasteiger partial charge in [-0.15, -0.1) is 19.7 Å². The highest BCUT2D eigenvalue weighted by atomic mass is 35.5.